The largest absolute Gasteiger partial charge is 0.507 e. The number of nitrogens with zero attached hydrogens (tertiary/aromatic N) is 1. The number of aliphatic hydroxyl groups is 1. The smallest absolute Gasteiger partial charge is 0.410 e. The lowest BCUT2D eigenvalue weighted by molar-refractivity contribution is 0.0142. The van der Waals surface area contributed by atoms with E-state index < -0.39 is 17.3 Å². The van der Waals surface area contributed by atoms with E-state index in [1.165, 1.54) is 16.2 Å². The first kappa shape index (κ1) is 17.8. The van der Waals surface area contributed by atoms with E-state index in [1.54, 1.807) is 12.1 Å². The maximum Gasteiger partial charge on any atom is 0.410 e. The maximum atomic E-state index is 12.3. The van der Waals surface area contributed by atoms with Crippen molar-refractivity contribution in [3.8, 4) is 16.2 Å². The van der Waals surface area contributed by atoms with Crippen molar-refractivity contribution in [3.05, 3.63) is 41.3 Å². The van der Waals surface area contributed by atoms with Crippen LogP contribution < -0.4 is 0 Å². The van der Waals surface area contributed by atoms with Crippen LogP contribution in [0.25, 0.3) is 10.4 Å². The molecular weight excluding hydrogens is 338 g/mol. The zero-order chi connectivity index (χ0) is 18.2. The van der Waals surface area contributed by atoms with Gasteiger partial charge in [-0.25, -0.2) is 4.79 Å². The van der Waals surface area contributed by atoms with Gasteiger partial charge in [-0.3, -0.25) is 0 Å². The second-order valence-corrected chi connectivity index (χ2v) is 8.28. The lowest BCUT2D eigenvalue weighted by Gasteiger charge is -2.27. The molecule has 0 spiro atoms. The molecule has 5 nitrogen and oxygen atoms in total. The Labute approximate surface area is 151 Å². The van der Waals surface area contributed by atoms with Crippen molar-refractivity contribution < 1.29 is 19.7 Å². The van der Waals surface area contributed by atoms with Crippen LogP contribution in [0.15, 0.2) is 35.7 Å². The topological polar surface area (TPSA) is 70.0 Å². The van der Waals surface area contributed by atoms with Crippen LogP contribution in [0.2, 0.25) is 0 Å². The van der Waals surface area contributed by atoms with Gasteiger partial charge in [-0.05, 0) is 50.8 Å². The Balaban J connectivity index is 1.85. The molecule has 2 heterocycles. The normalized spacial score (nSPS) is 20.7. The van der Waals surface area contributed by atoms with Crippen molar-refractivity contribution in [1.29, 1.82) is 0 Å². The number of aromatic hydroxyl groups is 1. The molecule has 2 aromatic rings. The number of carbonyl (C=O) groups excluding carboxylic acids is 1. The molecule has 1 aromatic carbocycles. The number of carbonyl (C=O) groups is 1. The molecule has 1 fully saturated rings. The van der Waals surface area contributed by atoms with Crippen LogP contribution >= 0.6 is 11.3 Å². The molecule has 6 heteroatoms. The summed E-state index contributed by atoms with van der Waals surface area (Å²) >= 11 is 1.47. The van der Waals surface area contributed by atoms with Crippen LogP contribution in [0.1, 0.15) is 32.8 Å². The minimum absolute atomic E-state index is 0.178. The van der Waals surface area contributed by atoms with Crippen LogP contribution in [0.4, 0.5) is 4.79 Å². The summed E-state index contributed by atoms with van der Waals surface area (Å²) in [5.74, 6) is 0.178. The molecular formula is C19H23NO4S. The minimum atomic E-state index is -1.14. The first-order valence-electron chi connectivity index (χ1n) is 8.26. The average molecular weight is 361 g/mol. The Morgan fingerprint density at radius 1 is 1.28 bits per heavy atom. The number of hydrogen-bond donors (Lipinski definition) is 2. The number of phenolic OH excluding ortho intramolecular Hbond substituents is 1. The molecule has 1 saturated heterocycles. The fourth-order valence-electron chi connectivity index (χ4n) is 3.05. The van der Waals surface area contributed by atoms with E-state index in [9.17, 15) is 15.0 Å². The van der Waals surface area contributed by atoms with Crippen molar-refractivity contribution in [2.75, 3.05) is 13.1 Å². The molecule has 25 heavy (non-hydrogen) atoms. The molecule has 2 N–H and O–H groups in total. The molecule has 1 amide bonds. The van der Waals surface area contributed by atoms with E-state index in [2.05, 4.69) is 0 Å². The van der Waals surface area contributed by atoms with Gasteiger partial charge in [0.25, 0.3) is 0 Å². The molecule has 3 rings (SSSR count). The molecule has 1 aliphatic heterocycles. The monoisotopic (exact) mass is 361 g/mol. The van der Waals surface area contributed by atoms with Crippen LogP contribution in [-0.2, 0) is 10.3 Å². The molecule has 1 aliphatic rings. The zero-order valence-electron chi connectivity index (χ0n) is 14.7. The summed E-state index contributed by atoms with van der Waals surface area (Å²) in [7, 11) is 0. The number of hydrogen-bond acceptors (Lipinski definition) is 5. The molecule has 0 radical (unpaired) electrons. The third kappa shape index (κ3) is 3.65. The van der Waals surface area contributed by atoms with Crippen molar-refractivity contribution in [1.82, 2.24) is 4.90 Å². The molecule has 134 valence electrons. The predicted molar refractivity (Wildman–Crippen MR) is 97.7 cm³/mol. The number of para-hydroxylation sites is 1. The fraction of sp³-hybridized carbons (Fsp3) is 0.421. The summed E-state index contributed by atoms with van der Waals surface area (Å²) in [4.78, 5) is 14.6. The first-order valence-corrected chi connectivity index (χ1v) is 9.14. The number of benzene rings is 1. The number of amides is 1. The van der Waals surface area contributed by atoms with Crippen LogP contribution in [0.3, 0.4) is 0 Å². The Kier molecular flexibility index (Phi) is 4.51. The molecule has 0 bridgehead atoms. The van der Waals surface area contributed by atoms with Crippen LogP contribution in [-0.4, -0.2) is 39.9 Å². The summed E-state index contributed by atoms with van der Waals surface area (Å²) in [6, 6.07) is 8.94. The Bertz CT molecular complexity index is 780. The standard InChI is InChI=1S/C19H23NO4S/c1-18(2,3)24-17(22)20-10-9-19(23,12-20)14-8-11-25-16(14)13-6-4-5-7-15(13)21/h4-8,11,21,23H,9-10,12H2,1-3H3. The molecule has 0 aliphatic carbocycles. The zero-order valence-corrected chi connectivity index (χ0v) is 15.5. The highest BCUT2D eigenvalue weighted by atomic mass is 32.1. The Hall–Kier alpha value is -2.05. The molecule has 0 saturated carbocycles. The summed E-state index contributed by atoms with van der Waals surface area (Å²) < 4.78 is 5.40. The van der Waals surface area contributed by atoms with Gasteiger partial charge in [0.2, 0.25) is 0 Å². The summed E-state index contributed by atoms with van der Waals surface area (Å²) in [5, 5.41) is 23.2. The van der Waals surface area contributed by atoms with Gasteiger partial charge in [-0.1, -0.05) is 12.1 Å². The Morgan fingerprint density at radius 3 is 2.68 bits per heavy atom. The number of β-amino-alcohol motifs (C(OH)–C–C–N with tert-alkyl or cyclic N) is 1. The first-order chi connectivity index (χ1) is 11.7. The highest BCUT2D eigenvalue weighted by molar-refractivity contribution is 7.13. The number of ether oxygens (including phenoxy) is 1. The van der Waals surface area contributed by atoms with E-state index in [0.717, 1.165) is 10.4 Å². The van der Waals surface area contributed by atoms with Gasteiger partial charge in [-0.15, -0.1) is 11.3 Å². The lowest BCUT2D eigenvalue weighted by Crippen LogP contribution is -2.38. The number of rotatable bonds is 2. The fourth-order valence-corrected chi connectivity index (χ4v) is 4.07. The number of phenols is 1. The van der Waals surface area contributed by atoms with Crippen LogP contribution in [0, 0.1) is 0 Å². The van der Waals surface area contributed by atoms with Crippen molar-refractivity contribution in [3.63, 3.8) is 0 Å². The predicted octanol–water partition coefficient (Wildman–Crippen LogP) is 3.95. The number of likely N-dealkylation sites (tertiary alicyclic amines) is 1. The van der Waals surface area contributed by atoms with Gasteiger partial charge in [0.1, 0.15) is 17.0 Å². The summed E-state index contributed by atoms with van der Waals surface area (Å²) in [5.41, 5.74) is -0.280. The quantitative estimate of drug-likeness (QED) is 0.850. The average Bonchev–Trinajstić information content (AvgIpc) is 3.13. The van der Waals surface area contributed by atoms with E-state index in [1.807, 2.05) is 44.4 Å². The highest BCUT2D eigenvalue weighted by Crippen LogP contribution is 2.43. The summed E-state index contributed by atoms with van der Waals surface area (Å²) in [6.07, 6.45) is 0.0200. The summed E-state index contributed by atoms with van der Waals surface area (Å²) in [6.45, 7) is 6.08. The van der Waals surface area contributed by atoms with E-state index in [4.69, 9.17) is 4.74 Å². The van der Waals surface area contributed by atoms with Gasteiger partial charge in [0.05, 0.1) is 6.54 Å². The second kappa shape index (κ2) is 6.35. The number of thiophene rings is 1. The SMILES string of the molecule is CC(C)(C)OC(=O)N1CCC(O)(c2ccsc2-c2ccccc2O)C1. The van der Waals surface area contributed by atoms with Crippen molar-refractivity contribution in [2.24, 2.45) is 0 Å². The minimum Gasteiger partial charge on any atom is -0.507 e. The van der Waals surface area contributed by atoms with E-state index >= 15 is 0 Å². The lowest BCUT2D eigenvalue weighted by atomic mass is 9.91. The van der Waals surface area contributed by atoms with Crippen molar-refractivity contribution >= 4 is 17.4 Å². The van der Waals surface area contributed by atoms with Gasteiger partial charge in [0.15, 0.2) is 0 Å². The highest BCUT2D eigenvalue weighted by Gasteiger charge is 2.42. The van der Waals surface area contributed by atoms with Crippen LogP contribution in [0.5, 0.6) is 5.75 Å². The molecule has 1 atom stereocenters. The second-order valence-electron chi connectivity index (χ2n) is 7.36. The molecule has 1 unspecified atom stereocenters. The van der Waals surface area contributed by atoms with Gasteiger partial charge < -0.3 is 19.8 Å². The van der Waals surface area contributed by atoms with E-state index in [-0.39, 0.29) is 12.3 Å². The maximum absolute atomic E-state index is 12.3. The van der Waals surface area contributed by atoms with E-state index in [0.29, 0.717) is 18.5 Å². The Morgan fingerprint density at radius 2 is 2.00 bits per heavy atom. The molecule has 1 aromatic heterocycles. The van der Waals surface area contributed by atoms with Crippen molar-refractivity contribution in [2.45, 2.75) is 38.4 Å². The third-order valence-corrected chi connectivity index (χ3v) is 5.16. The van der Waals surface area contributed by atoms with Gasteiger partial charge in [0, 0.05) is 22.5 Å². The van der Waals surface area contributed by atoms with Gasteiger partial charge in [-0.2, -0.15) is 0 Å². The van der Waals surface area contributed by atoms with Gasteiger partial charge >= 0.3 is 6.09 Å². The third-order valence-electron chi connectivity index (χ3n) is 4.21.